The van der Waals surface area contributed by atoms with E-state index in [4.69, 9.17) is 0 Å². The maximum Gasteiger partial charge on any atom is 0.270 e. The first kappa shape index (κ1) is 14.9. The van der Waals surface area contributed by atoms with Crippen LogP contribution in [0.25, 0.3) is 0 Å². The number of aromatic nitrogens is 3. The van der Waals surface area contributed by atoms with Crippen LogP contribution >= 0.6 is 0 Å². The number of unbranched alkanes of at least 4 members (excludes halogenated alkanes) is 1. The SMILES string of the molecule is CCCCNC(=O)c1cc(NCc2cccnc2)ncn1. The maximum absolute atomic E-state index is 11.9. The average molecular weight is 285 g/mol. The number of amides is 1. The Labute approximate surface area is 124 Å². The van der Waals surface area contributed by atoms with Crippen LogP contribution in [0.2, 0.25) is 0 Å². The van der Waals surface area contributed by atoms with E-state index in [1.165, 1.54) is 6.33 Å². The zero-order chi connectivity index (χ0) is 14.9. The highest BCUT2D eigenvalue weighted by molar-refractivity contribution is 5.92. The maximum atomic E-state index is 11.9. The van der Waals surface area contributed by atoms with E-state index < -0.39 is 0 Å². The summed E-state index contributed by atoms with van der Waals surface area (Å²) < 4.78 is 0. The first-order chi connectivity index (χ1) is 10.3. The van der Waals surface area contributed by atoms with Gasteiger partial charge in [0.1, 0.15) is 17.8 Å². The molecular formula is C15H19N5O. The van der Waals surface area contributed by atoms with E-state index in [-0.39, 0.29) is 5.91 Å². The lowest BCUT2D eigenvalue weighted by Gasteiger charge is -2.07. The summed E-state index contributed by atoms with van der Waals surface area (Å²) in [5.74, 6) is 0.449. The van der Waals surface area contributed by atoms with Gasteiger partial charge in [-0.15, -0.1) is 0 Å². The van der Waals surface area contributed by atoms with Gasteiger partial charge in [-0.3, -0.25) is 9.78 Å². The second-order valence-corrected chi connectivity index (χ2v) is 4.61. The fraction of sp³-hybridized carbons (Fsp3) is 0.333. The molecule has 2 heterocycles. The number of hydrogen-bond acceptors (Lipinski definition) is 5. The van der Waals surface area contributed by atoms with E-state index in [9.17, 15) is 4.79 Å². The van der Waals surface area contributed by atoms with E-state index in [0.29, 0.717) is 24.6 Å². The van der Waals surface area contributed by atoms with Crippen LogP contribution in [0.15, 0.2) is 36.9 Å². The van der Waals surface area contributed by atoms with Crippen molar-refractivity contribution in [3.63, 3.8) is 0 Å². The highest BCUT2D eigenvalue weighted by Gasteiger charge is 2.07. The van der Waals surface area contributed by atoms with Crippen molar-refractivity contribution < 1.29 is 4.79 Å². The third-order valence-corrected chi connectivity index (χ3v) is 2.91. The average Bonchev–Trinajstić information content (AvgIpc) is 2.54. The second kappa shape index (κ2) is 7.94. The van der Waals surface area contributed by atoms with Crippen LogP contribution in [0.3, 0.4) is 0 Å². The molecule has 1 amide bonds. The van der Waals surface area contributed by atoms with Gasteiger partial charge in [-0.05, 0) is 18.1 Å². The molecule has 0 aliphatic heterocycles. The fourth-order valence-electron chi connectivity index (χ4n) is 1.74. The molecule has 0 bridgehead atoms. The van der Waals surface area contributed by atoms with E-state index in [2.05, 4.69) is 32.5 Å². The summed E-state index contributed by atoms with van der Waals surface area (Å²) in [6.07, 6.45) is 6.91. The topological polar surface area (TPSA) is 79.8 Å². The molecule has 0 saturated heterocycles. The molecule has 2 rings (SSSR count). The minimum absolute atomic E-state index is 0.171. The quantitative estimate of drug-likeness (QED) is 0.761. The van der Waals surface area contributed by atoms with Gasteiger partial charge in [-0.25, -0.2) is 9.97 Å². The van der Waals surface area contributed by atoms with Crippen LogP contribution in [0.1, 0.15) is 35.8 Å². The predicted molar refractivity (Wildman–Crippen MR) is 80.8 cm³/mol. The van der Waals surface area contributed by atoms with Gasteiger partial charge in [0, 0.05) is 31.5 Å². The summed E-state index contributed by atoms with van der Waals surface area (Å²) >= 11 is 0. The van der Waals surface area contributed by atoms with Gasteiger partial charge in [0.2, 0.25) is 0 Å². The highest BCUT2D eigenvalue weighted by Crippen LogP contribution is 2.06. The molecule has 6 heteroatoms. The minimum Gasteiger partial charge on any atom is -0.366 e. The Hall–Kier alpha value is -2.50. The monoisotopic (exact) mass is 285 g/mol. The Morgan fingerprint density at radius 2 is 2.24 bits per heavy atom. The summed E-state index contributed by atoms with van der Waals surface area (Å²) in [4.78, 5) is 24.1. The third kappa shape index (κ3) is 4.83. The zero-order valence-corrected chi connectivity index (χ0v) is 12.0. The fourth-order valence-corrected chi connectivity index (χ4v) is 1.74. The van der Waals surface area contributed by atoms with E-state index >= 15 is 0 Å². The van der Waals surface area contributed by atoms with Gasteiger partial charge >= 0.3 is 0 Å². The molecule has 0 aliphatic carbocycles. The lowest BCUT2D eigenvalue weighted by molar-refractivity contribution is 0.0948. The summed E-state index contributed by atoms with van der Waals surface area (Å²) in [6, 6.07) is 5.50. The molecule has 0 saturated carbocycles. The van der Waals surface area contributed by atoms with Gasteiger partial charge in [-0.1, -0.05) is 19.4 Å². The van der Waals surface area contributed by atoms with E-state index in [0.717, 1.165) is 18.4 Å². The van der Waals surface area contributed by atoms with Crippen molar-refractivity contribution in [1.29, 1.82) is 0 Å². The molecule has 0 unspecified atom stereocenters. The van der Waals surface area contributed by atoms with E-state index in [1.807, 2.05) is 12.1 Å². The number of pyridine rings is 1. The second-order valence-electron chi connectivity index (χ2n) is 4.61. The number of carbonyl (C=O) groups excluding carboxylic acids is 1. The molecule has 0 radical (unpaired) electrons. The molecule has 21 heavy (non-hydrogen) atoms. The molecule has 0 fully saturated rings. The van der Waals surface area contributed by atoms with Crippen molar-refractivity contribution >= 4 is 11.7 Å². The molecule has 110 valence electrons. The van der Waals surface area contributed by atoms with Crippen molar-refractivity contribution in [2.75, 3.05) is 11.9 Å². The first-order valence-electron chi connectivity index (χ1n) is 7.02. The van der Waals surface area contributed by atoms with Gasteiger partial charge in [-0.2, -0.15) is 0 Å². The van der Waals surface area contributed by atoms with Crippen molar-refractivity contribution in [1.82, 2.24) is 20.3 Å². The predicted octanol–water partition coefficient (Wildman–Crippen LogP) is 2.01. The van der Waals surface area contributed by atoms with Gasteiger partial charge in [0.05, 0.1) is 0 Å². The molecular weight excluding hydrogens is 266 g/mol. The number of rotatable bonds is 7. The molecule has 0 atom stereocenters. The largest absolute Gasteiger partial charge is 0.366 e. The third-order valence-electron chi connectivity index (χ3n) is 2.91. The van der Waals surface area contributed by atoms with Crippen molar-refractivity contribution in [3.05, 3.63) is 48.2 Å². The van der Waals surface area contributed by atoms with Crippen LogP contribution < -0.4 is 10.6 Å². The van der Waals surface area contributed by atoms with Gasteiger partial charge in [0.25, 0.3) is 5.91 Å². The normalized spacial score (nSPS) is 10.1. The van der Waals surface area contributed by atoms with Crippen LogP contribution in [0.5, 0.6) is 0 Å². The van der Waals surface area contributed by atoms with Gasteiger partial charge in [0.15, 0.2) is 0 Å². The lowest BCUT2D eigenvalue weighted by Crippen LogP contribution is -2.25. The summed E-state index contributed by atoms with van der Waals surface area (Å²) in [5.41, 5.74) is 1.42. The van der Waals surface area contributed by atoms with Crippen LogP contribution in [-0.4, -0.2) is 27.4 Å². The first-order valence-corrected chi connectivity index (χ1v) is 7.02. The Balaban J connectivity index is 1.92. The van der Waals surface area contributed by atoms with Crippen LogP contribution in [-0.2, 0) is 6.54 Å². The molecule has 6 nitrogen and oxygen atoms in total. The smallest absolute Gasteiger partial charge is 0.270 e. The van der Waals surface area contributed by atoms with Crippen LogP contribution in [0, 0.1) is 0 Å². The Morgan fingerprint density at radius 3 is 3.00 bits per heavy atom. The van der Waals surface area contributed by atoms with Crippen LogP contribution in [0.4, 0.5) is 5.82 Å². The van der Waals surface area contributed by atoms with E-state index in [1.54, 1.807) is 18.5 Å². The number of anilines is 1. The van der Waals surface area contributed by atoms with Crippen molar-refractivity contribution in [2.24, 2.45) is 0 Å². The Bertz CT molecular complexity index is 573. The Kier molecular flexibility index (Phi) is 5.63. The van der Waals surface area contributed by atoms with Gasteiger partial charge < -0.3 is 10.6 Å². The zero-order valence-electron chi connectivity index (χ0n) is 12.0. The number of nitrogens with zero attached hydrogens (tertiary/aromatic N) is 3. The number of nitrogens with one attached hydrogen (secondary N) is 2. The molecule has 2 aromatic rings. The molecule has 0 aromatic carbocycles. The Morgan fingerprint density at radius 1 is 1.33 bits per heavy atom. The standard InChI is InChI=1S/C15H19N5O/c1-2-3-7-17-15(21)13-8-14(20-11-19-13)18-10-12-5-4-6-16-9-12/h4-6,8-9,11H,2-3,7,10H2,1H3,(H,17,21)(H,18,19,20). The summed E-state index contributed by atoms with van der Waals surface area (Å²) in [6.45, 7) is 3.34. The number of carbonyl (C=O) groups is 1. The minimum atomic E-state index is -0.171. The van der Waals surface area contributed by atoms with Crippen molar-refractivity contribution in [3.8, 4) is 0 Å². The summed E-state index contributed by atoms with van der Waals surface area (Å²) in [5, 5.41) is 5.99. The number of hydrogen-bond donors (Lipinski definition) is 2. The molecule has 2 aromatic heterocycles. The van der Waals surface area contributed by atoms with Crippen molar-refractivity contribution in [2.45, 2.75) is 26.3 Å². The molecule has 0 aliphatic rings. The lowest BCUT2D eigenvalue weighted by atomic mass is 10.3. The molecule has 0 spiro atoms. The highest BCUT2D eigenvalue weighted by atomic mass is 16.1. The molecule has 2 N–H and O–H groups in total. The summed E-state index contributed by atoms with van der Waals surface area (Å²) in [7, 11) is 0.